The fraction of sp³-hybridized carbons (Fsp3) is 0.462. The van der Waals surface area contributed by atoms with Gasteiger partial charge in [0.25, 0.3) is 0 Å². The van der Waals surface area contributed by atoms with Crippen molar-refractivity contribution < 1.29 is 40.6 Å². The maximum Gasteiger partial charge on any atom is 0.573 e. The van der Waals surface area contributed by atoms with Crippen molar-refractivity contribution in [3.8, 4) is 22.6 Å². The van der Waals surface area contributed by atoms with E-state index < -0.39 is 12.7 Å². The van der Waals surface area contributed by atoms with Gasteiger partial charge in [-0.1, -0.05) is 36.8 Å². The molecule has 1 unspecified atom stereocenters. The number of ketones is 1. The van der Waals surface area contributed by atoms with Crippen LogP contribution in [0.2, 0.25) is 0 Å². The van der Waals surface area contributed by atoms with Crippen LogP contribution in [0.15, 0.2) is 66.9 Å². The summed E-state index contributed by atoms with van der Waals surface area (Å²) in [4.78, 5) is 17.1. The first-order chi connectivity index (χ1) is 24.8. The topological polar surface area (TPSA) is 59.0 Å². The molecule has 2 fully saturated rings. The van der Waals surface area contributed by atoms with Crippen LogP contribution in [0.5, 0.6) is 11.5 Å². The number of ether oxygens (including phenoxy) is 2. The Morgan fingerprint density at radius 2 is 1.56 bits per heavy atom. The Labute approximate surface area is 299 Å². The van der Waals surface area contributed by atoms with E-state index in [0.29, 0.717) is 44.7 Å². The predicted molar refractivity (Wildman–Crippen MR) is 187 cm³/mol. The highest BCUT2D eigenvalue weighted by molar-refractivity contribution is 5.96. The van der Waals surface area contributed by atoms with Crippen molar-refractivity contribution in [2.24, 2.45) is 0 Å². The van der Waals surface area contributed by atoms with Gasteiger partial charge in [0, 0.05) is 80.5 Å². The molecule has 2 aliphatic heterocycles. The molecule has 0 bridgehead atoms. The number of piperazine rings is 1. The first-order valence-electron chi connectivity index (χ1n) is 17.8. The number of aryl methyl sites for hydroxylation is 2. The monoisotopic (exact) mass is 730 g/mol. The van der Waals surface area contributed by atoms with Crippen molar-refractivity contribution in [1.29, 1.82) is 0 Å². The van der Waals surface area contributed by atoms with Gasteiger partial charge >= 0.3 is 12.7 Å². The number of Topliss-reactive ketones (excluding diaryl/α,β-unsaturated/α-hetero) is 1. The lowest BCUT2D eigenvalue weighted by Crippen LogP contribution is -2.45. The highest BCUT2D eigenvalue weighted by Gasteiger charge is 2.33. The summed E-state index contributed by atoms with van der Waals surface area (Å²) in [6.07, 6.45) is -2.36. The molecule has 0 amide bonds. The van der Waals surface area contributed by atoms with Crippen molar-refractivity contribution in [2.45, 2.75) is 83.8 Å². The molecule has 0 spiro atoms. The number of carbonyl (C=O) groups is 1. The molecule has 3 heterocycles. The minimum atomic E-state index is -4.78. The summed E-state index contributed by atoms with van der Waals surface area (Å²) < 4.78 is 88.1. The number of piperidine rings is 1. The van der Waals surface area contributed by atoms with Gasteiger partial charge in [-0.05, 0) is 86.2 Å². The van der Waals surface area contributed by atoms with E-state index in [-0.39, 0.29) is 23.3 Å². The number of hydrogen-bond acceptors (Lipinski definition) is 6. The average molecular weight is 731 g/mol. The number of aromatic nitrogens is 1. The van der Waals surface area contributed by atoms with E-state index in [1.54, 1.807) is 31.2 Å². The minimum absolute atomic E-state index is 0.0442. The van der Waals surface area contributed by atoms with Gasteiger partial charge < -0.3 is 19.4 Å². The molecular weight excluding hydrogens is 686 g/mol. The van der Waals surface area contributed by atoms with Crippen LogP contribution in [0, 0.1) is 6.92 Å². The number of rotatable bonds is 13. The van der Waals surface area contributed by atoms with Gasteiger partial charge in [-0.3, -0.25) is 14.6 Å². The lowest BCUT2D eigenvalue weighted by Gasteiger charge is -2.35. The fourth-order valence-electron chi connectivity index (χ4n) is 7.26. The zero-order valence-corrected chi connectivity index (χ0v) is 29.2. The zero-order valence-electron chi connectivity index (χ0n) is 29.2. The minimum Gasteiger partial charge on any atom is -0.406 e. The summed E-state index contributed by atoms with van der Waals surface area (Å²) in [5.74, 6) is -0.193. The molecule has 0 saturated carbocycles. The quantitative estimate of drug-likeness (QED) is 0.110. The SMILES string of the molecule is Cc1cccc(OC(F)(F)F)c1CN1CCN(Cc2ccc3c(c2)c(-c2ccc(OC(F)(F)F)cc2)cn3CCCCC(=O)C2CCCCN2)CC1. The molecule has 6 rings (SSSR count). The smallest absolute Gasteiger partial charge is 0.406 e. The molecule has 2 aliphatic rings. The number of benzene rings is 3. The second kappa shape index (κ2) is 16.3. The van der Waals surface area contributed by atoms with Crippen LogP contribution in [-0.2, 0) is 24.4 Å². The lowest BCUT2D eigenvalue weighted by molar-refractivity contribution is -0.275. The van der Waals surface area contributed by atoms with E-state index in [9.17, 15) is 31.1 Å². The molecule has 1 N–H and O–H groups in total. The van der Waals surface area contributed by atoms with Crippen molar-refractivity contribution in [3.63, 3.8) is 0 Å². The van der Waals surface area contributed by atoms with Gasteiger partial charge in [0.05, 0.1) is 6.04 Å². The van der Waals surface area contributed by atoms with Gasteiger partial charge in [-0.2, -0.15) is 0 Å². The number of carbonyl (C=O) groups excluding carboxylic acids is 1. The molecule has 3 aromatic carbocycles. The number of alkyl halides is 6. The largest absolute Gasteiger partial charge is 0.573 e. The van der Waals surface area contributed by atoms with Crippen LogP contribution in [0.1, 0.15) is 55.2 Å². The zero-order chi connectivity index (χ0) is 36.9. The normalized spacial score (nSPS) is 17.8. The standard InChI is InChI=1S/C39H44F6N4O3/c1-27-7-6-10-37(52-39(43,44)45)32(27)25-48-21-19-47(20-22-48)24-28-11-16-35-31(23-28)33(29-12-14-30(15-13-29)51-38(40,41)42)26-49(35)18-5-3-9-36(50)34-8-2-4-17-46-34/h6-7,10-16,23,26,34,46H,2-5,8-9,17-22,24-25H2,1H3. The molecule has 7 nitrogen and oxygen atoms in total. The van der Waals surface area contributed by atoms with E-state index in [1.165, 1.54) is 18.2 Å². The Hall–Kier alpha value is -4.07. The molecular formula is C39H44F6N4O3. The first-order valence-corrected chi connectivity index (χ1v) is 17.8. The van der Waals surface area contributed by atoms with Crippen LogP contribution < -0.4 is 14.8 Å². The molecule has 0 aliphatic carbocycles. The maximum atomic E-state index is 13.0. The molecule has 4 aromatic rings. The first kappa shape index (κ1) is 37.7. The summed E-state index contributed by atoms with van der Waals surface area (Å²) in [7, 11) is 0. The third kappa shape index (κ3) is 10.1. The summed E-state index contributed by atoms with van der Waals surface area (Å²) in [5, 5.41) is 4.30. The lowest BCUT2D eigenvalue weighted by atomic mass is 9.98. The number of fused-ring (bicyclic) bond motifs is 1. The van der Waals surface area contributed by atoms with E-state index in [4.69, 9.17) is 0 Å². The highest BCUT2D eigenvalue weighted by atomic mass is 19.4. The maximum absolute atomic E-state index is 13.0. The van der Waals surface area contributed by atoms with Crippen molar-refractivity contribution in [2.75, 3.05) is 32.7 Å². The number of nitrogens with one attached hydrogen (secondary N) is 1. The van der Waals surface area contributed by atoms with Crippen LogP contribution in [-0.4, -0.2) is 71.6 Å². The van der Waals surface area contributed by atoms with Crippen molar-refractivity contribution >= 4 is 16.7 Å². The van der Waals surface area contributed by atoms with Gasteiger partial charge in [-0.25, -0.2) is 0 Å². The van der Waals surface area contributed by atoms with Gasteiger partial charge in [0.1, 0.15) is 17.3 Å². The molecule has 1 aromatic heterocycles. The molecule has 52 heavy (non-hydrogen) atoms. The predicted octanol–water partition coefficient (Wildman–Crippen LogP) is 8.61. The molecule has 0 radical (unpaired) electrons. The number of halogens is 6. The summed E-state index contributed by atoms with van der Waals surface area (Å²) in [6.45, 7) is 7.18. The fourth-order valence-corrected chi connectivity index (χ4v) is 7.26. The Morgan fingerprint density at radius 1 is 0.846 bits per heavy atom. The van der Waals surface area contributed by atoms with Crippen molar-refractivity contribution in [3.05, 3.63) is 83.6 Å². The third-order valence-electron chi connectivity index (χ3n) is 9.96. The van der Waals surface area contributed by atoms with Crippen LogP contribution in [0.4, 0.5) is 26.3 Å². The third-order valence-corrected chi connectivity index (χ3v) is 9.96. The second-order valence-corrected chi connectivity index (χ2v) is 13.7. The van der Waals surface area contributed by atoms with Gasteiger partial charge in [0.15, 0.2) is 0 Å². The van der Waals surface area contributed by atoms with Gasteiger partial charge in [0.2, 0.25) is 0 Å². The number of nitrogens with zero attached hydrogens (tertiary/aromatic N) is 3. The second-order valence-electron chi connectivity index (χ2n) is 13.7. The Balaban J connectivity index is 1.14. The highest BCUT2D eigenvalue weighted by Crippen LogP contribution is 2.35. The van der Waals surface area contributed by atoms with Crippen LogP contribution >= 0.6 is 0 Å². The number of unbranched alkanes of at least 4 members (excludes halogenated alkanes) is 1. The molecule has 1 atom stereocenters. The van der Waals surface area contributed by atoms with Crippen LogP contribution in [0.25, 0.3) is 22.0 Å². The van der Waals surface area contributed by atoms with E-state index >= 15 is 0 Å². The molecule has 13 heteroatoms. The molecule has 2 saturated heterocycles. The average Bonchev–Trinajstić information content (AvgIpc) is 3.46. The van der Waals surface area contributed by atoms with Crippen molar-refractivity contribution in [1.82, 2.24) is 19.7 Å². The Bertz CT molecular complexity index is 1810. The Kier molecular flexibility index (Phi) is 11.8. The van der Waals surface area contributed by atoms with Crippen LogP contribution in [0.3, 0.4) is 0 Å². The summed E-state index contributed by atoms with van der Waals surface area (Å²) in [6, 6.07) is 16.8. The van der Waals surface area contributed by atoms with E-state index in [1.807, 2.05) is 6.20 Å². The number of hydrogen-bond donors (Lipinski definition) is 1. The van der Waals surface area contributed by atoms with E-state index in [0.717, 1.165) is 84.9 Å². The van der Waals surface area contributed by atoms with E-state index in [2.05, 4.69) is 47.4 Å². The summed E-state index contributed by atoms with van der Waals surface area (Å²) in [5.41, 5.74) is 4.98. The molecule has 280 valence electrons. The Morgan fingerprint density at radius 3 is 2.23 bits per heavy atom. The van der Waals surface area contributed by atoms with Gasteiger partial charge in [-0.15, -0.1) is 26.3 Å². The summed E-state index contributed by atoms with van der Waals surface area (Å²) >= 11 is 0.